The van der Waals surface area contributed by atoms with Gasteiger partial charge in [-0.2, -0.15) is 0 Å². The molecule has 70 valence electrons. The van der Waals surface area contributed by atoms with E-state index in [0.717, 1.165) is 5.56 Å². The number of rotatable bonds is 0. The highest BCUT2D eigenvalue weighted by molar-refractivity contribution is 6.33. The van der Waals surface area contributed by atoms with Crippen LogP contribution in [0.25, 0.3) is 0 Å². The number of hydrogen-bond donors (Lipinski definition) is 1. The van der Waals surface area contributed by atoms with Crippen molar-refractivity contribution < 1.29 is 9.84 Å². The van der Waals surface area contributed by atoms with Crippen molar-refractivity contribution in [2.75, 3.05) is 0 Å². The lowest BCUT2D eigenvalue weighted by Gasteiger charge is -2.03. The summed E-state index contributed by atoms with van der Waals surface area (Å²) in [6.07, 6.45) is -1.18. The lowest BCUT2D eigenvalue weighted by molar-refractivity contribution is -0.115. The molecule has 1 N–H and O–H groups in total. The first-order valence-corrected chi connectivity index (χ1v) is 4.54. The van der Waals surface area contributed by atoms with Crippen molar-refractivity contribution in [1.82, 2.24) is 4.98 Å². The molecule has 2 unspecified atom stereocenters. The first kappa shape index (κ1) is 9.21. The number of pyridine rings is 1. The van der Waals surface area contributed by atoms with E-state index in [4.69, 9.17) is 27.9 Å². The Kier molecular flexibility index (Phi) is 2.20. The van der Waals surface area contributed by atoms with Crippen molar-refractivity contribution >= 4 is 23.2 Å². The van der Waals surface area contributed by atoms with Crippen molar-refractivity contribution in [1.29, 1.82) is 0 Å². The zero-order valence-electron chi connectivity index (χ0n) is 6.79. The van der Waals surface area contributed by atoms with Gasteiger partial charge in [0.1, 0.15) is 10.3 Å². The summed E-state index contributed by atoms with van der Waals surface area (Å²) in [7, 11) is 0. The third-order valence-corrected chi connectivity index (χ3v) is 2.51. The molecule has 1 aromatic heterocycles. The van der Waals surface area contributed by atoms with Crippen molar-refractivity contribution in [2.24, 2.45) is 0 Å². The third kappa shape index (κ3) is 1.42. The minimum atomic E-state index is -0.984. The SMILES string of the molecule is CC1OC(O)c2c1cc(Cl)nc2Cl. The molecule has 0 spiro atoms. The van der Waals surface area contributed by atoms with Crippen LogP contribution in [0.3, 0.4) is 0 Å². The molecule has 0 saturated carbocycles. The van der Waals surface area contributed by atoms with E-state index in [-0.39, 0.29) is 11.3 Å². The smallest absolute Gasteiger partial charge is 0.185 e. The summed E-state index contributed by atoms with van der Waals surface area (Å²) in [5.74, 6) is 0. The molecule has 0 bridgehead atoms. The van der Waals surface area contributed by atoms with Crippen LogP contribution in [0.4, 0.5) is 0 Å². The maximum atomic E-state index is 9.43. The van der Waals surface area contributed by atoms with Gasteiger partial charge in [-0.3, -0.25) is 0 Å². The lowest BCUT2D eigenvalue weighted by atomic mass is 10.1. The number of aromatic nitrogens is 1. The maximum Gasteiger partial charge on any atom is 0.185 e. The van der Waals surface area contributed by atoms with E-state index in [9.17, 15) is 5.11 Å². The van der Waals surface area contributed by atoms with E-state index in [1.54, 1.807) is 6.07 Å². The highest BCUT2D eigenvalue weighted by Crippen LogP contribution is 2.41. The van der Waals surface area contributed by atoms with Gasteiger partial charge in [0.05, 0.1) is 11.7 Å². The molecule has 0 amide bonds. The summed E-state index contributed by atoms with van der Waals surface area (Å²) in [4.78, 5) is 3.82. The van der Waals surface area contributed by atoms with Crippen molar-refractivity contribution in [3.63, 3.8) is 0 Å². The Balaban J connectivity index is 2.63. The van der Waals surface area contributed by atoms with Crippen LogP contribution >= 0.6 is 23.2 Å². The molecule has 5 heteroatoms. The molecule has 2 atom stereocenters. The molecule has 13 heavy (non-hydrogen) atoms. The van der Waals surface area contributed by atoms with E-state index in [0.29, 0.717) is 10.7 Å². The Labute approximate surface area is 85.3 Å². The maximum absolute atomic E-state index is 9.43. The Morgan fingerprint density at radius 3 is 2.92 bits per heavy atom. The number of aliphatic hydroxyl groups is 1. The number of aliphatic hydroxyl groups excluding tert-OH is 1. The lowest BCUT2D eigenvalue weighted by Crippen LogP contribution is -1.95. The van der Waals surface area contributed by atoms with E-state index in [1.165, 1.54) is 0 Å². The van der Waals surface area contributed by atoms with Crippen molar-refractivity contribution in [2.45, 2.75) is 19.3 Å². The van der Waals surface area contributed by atoms with Gasteiger partial charge >= 0.3 is 0 Å². The number of fused-ring (bicyclic) bond motifs is 1. The van der Waals surface area contributed by atoms with Gasteiger partial charge in [-0.05, 0) is 18.6 Å². The predicted octanol–water partition coefficient (Wildman–Crippen LogP) is 2.47. The molecule has 1 aliphatic heterocycles. The van der Waals surface area contributed by atoms with E-state index >= 15 is 0 Å². The molecule has 0 saturated heterocycles. The van der Waals surface area contributed by atoms with Gasteiger partial charge < -0.3 is 9.84 Å². The highest BCUT2D eigenvalue weighted by atomic mass is 35.5. The summed E-state index contributed by atoms with van der Waals surface area (Å²) in [6.45, 7) is 1.82. The van der Waals surface area contributed by atoms with Crippen LogP contribution in [0.5, 0.6) is 0 Å². The van der Waals surface area contributed by atoms with Crippen LogP contribution in [0.2, 0.25) is 10.3 Å². The standard InChI is InChI=1S/C8H7Cl2NO2/c1-3-4-2-5(9)11-7(10)6(4)8(12)13-3/h2-3,8,12H,1H3. The fraction of sp³-hybridized carbons (Fsp3) is 0.375. The van der Waals surface area contributed by atoms with Crippen LogP contribution < -0.4 is 0 Å². The zero-order valence-corrected chi connectivity index (χ0v) is 8.30. The van der Waals surface area contributed by atoms with E-state index < -0.39 is 6.29 Å². The Bertz CT molecular complexity index is 356. The molecule has 0 aromatic carbocycles. The minimum Gasteiger partial charge on any atom is -0.364 e. The summed E-state index contributed by atoms with van der Waals surface area (Å²) < 4.78 is 5.14. The van der Waals surface area contributed by atoms with Gasteiger partial charge in [0, 0.05) is 0 Å². The molecule has 1 aromatic rings. The second-order valence-corrected chi connectivity index (χ2v) is 3.61. The monoisotopic (exact) mass is 219 g/mol. The summed E-state index contributed by atoms with van der Waals surface area (Å²) in [5.41, 5.74) is 1.33. The van der Waals surface area contributed by atoms with Gasteiger partial charge in [-0.15, -0.1) is 0 Å². The normalized spacial score (nSPS) is 26.2. The van der Waals surface area contributed by atoms with Crippen molar-refractivity contribution in [3.8, 4) is 0 Å². The van der Waals surface area contributed by atoms with Crippen LogP contribution in [0, 0.1) is 0 Å². The highest BCUT2D eigenvalue weighted by Gasteiger charge is 2.30. The van der Waals surface area contributed by atoms with E-state index in [2.05, 4.69) is 4.98 Å². The van der Waals surface area contributed by atoms with Crippen LogP contribution in [-0.2, 0) is 4.74 Å². The second kappa shape index (κ2) is 3.10. The fourth-order valence-electron chi connectivity index (χ4n) is 1.43. The first-order chi connectivity index (χ1) is 6.09. The van der Waals surface area contributed by atoms with Crippen LogP contribution in [-0.4, -0.2) is 10.1 Å². The molecule has 0 fully saturated rings. The van der Waals surface area contributed by atoms with E-state index in [1.807, 2.05) is 6.92 Å². The average molecular weight is 220 g/mol. The third-order valence-electron chi connectivity index (χ3n) is 2.03. The summed E-state index contributed by atoms with van der Waals surface area (Å²) in [5, 5.41) is 9.95. The molecular formula is C8H7Cl2NO2. The molecule has 3 nitrogen and oxygen atoms in total. The molecule has 0 radical (unpaired) electrons. The molecule has 1 aliphatic rings. The van der Waals surface area contributed by atoms with Gasteiger partial charge in [-0.1, -0.05) is 23.2 Å². The number of halogens is 2. The van der Waals surface area contributed by atoms with Gasteiger partial charge in [-0.25, -0.2) is 4.98 Å². The molecule has 0 aliphatic carbocycles. The quantitative estimate of drug-likeness (QED) is 0.683. The first-order valence-electron chi connectivity index (χ1n) is 3.79. The minimum absolute atomic E-state index is 0.192. The average Bonchev–Trinajstić information content (AvgIpc) is 2.27. The number of nitrogens with zero attached hydrogens (tertiary/aromatic N) is 1. The predicted molar refractivity (Wildman–Crippen MR) is 48.7 cm³/mol. The Morgan fingerprint density at radius 2 is 2.23 bits per heavy atom. The Morgan fingerprint density at radius 1 is 1.54 bits per heavy atom. The van der Waals surface area contributed by atoms with Crippen LogP contribution in [0.15, 0.2) is 6.07 Å². The second-order valence-electron chi connectivity index (χ2n) is 2.87. The largest absolute Gasteiger partial charge is 0.364 e. The fourth-order valence-corrected chi connectivity index (χ4v) is 1.97. The summed E-state index contributed by atoms with van der Waals surface area (Å²) >= 11 is 11.5. The van der Waals surface area contributed by atoms with Gasteiger partial charge in [0.15, 0.2) is 6.29 Å². The number of hydrogen-bond acceptors (Lipinski definition) is 3. The molecule has 2 heterocycles. The van der Waals surface area contributed by atoms with Gasteiger partial charge in [0.2, 0.25) is 0 Å². The van der Waals surface area contributed by atoms with Gasteiger partial charge in [0.25, 0.3) is 0 Å². The topological polar surface area (TPSA) is 42.4 Å². The van der Waals surface area contributed by atoms with Crippen molar-refractivity contribution in [3.05, 3.63) is 27.5 Å². The zero-order chi connectivity index (χ0) is 9.59. The van der Waals surface area contributed by atoms with Crippen LogP contribution in [0.1, 0.15) is 30.4 Å². The molecular weight excluding hydrogens is 213 g/mol. The molecule has 2 rings (SSSR count). The Hall–Kier alpha value is -0.350. The summed E-state index contributed by atoms with van der Waals surface area (Å²) in [6, 6.07) is 1.66. The number of ether oxygens (including phenoxy) is 1.